The van der Waals surface area contributed by atoms with Crippen molar-refractivity contribution < 1.29 is 31.5 Å². The highest BCUT2D eigenvalue weighted by Gasteiger charge is 2.37. The monoisotopic (exact) mass is 535 g/mol. The highest BCUT2D eigenvalue weighted by Crippen LogP contribution is 2.36. The van der Waals surface area contributed by atoms with Crippen LogP contribution in [0, 0.1) is 5.92 Å². The number of nitrogens with one attached hydrogen (secondary N) is 1. The normalized spacial score (nSPS) is 27.9. The van der Waals surface area contributed by atoms with Crippen LogP contribution in [0.2, 0.25) is 0 Å². The van der Waals surface area contributed by atoms with Gasteiger partial charge in [-0.25, -0.2) is 17.2 Å². The second kappa shape index (κ2) is 9.92. The topological polar surface area (TPSA) is 99.5 Å². The first kappa shape index (κ1) is 26.0. The predicted octanol–water partition coefficient (Wildman–Crippen LogP) is 4.08. The number of allylic oxidation sites excluding steroid dienone is 1. The van der Waals surface area contributed by atoms with Crippen molar-refractivity contribution in [1.29, 1.82) is 0 Å². The number of hydrogen-bond donors (Lipinski definition) is 1. The van der Waals surface area contributed by atoms with E-state index in [-0.39, 0.29) is 34.7 Å². The van der Waals surface area contributed by atoms with Crippen LogP contribution in [0.5, 0.6) is 0 Å². The first-order valence-electron chi connectivity index (χ1n) is 12.5. The molecule has 200 valence electrons. The number of benzene rings is 1. The largest absolute Gasteiger partial charge is 0.348 e. The number of rotatable bonds is 8. The van der Waals surface area contributed by atoms with E-state index < -0.39 is 39.8 Å². The Balaban J connectivity index is 1.34. The number of anilines is 1. The predicted molar refractivity (Wildman–Crippen MR) is 133 cm³/mol. The quantitative estimate of drug-likeness (QED) is 0.512. The summed E-state index contributed by atoms with van der Waals surface area (Å²) in [5, 5.41) is 6.80. The number of carbonyl (C=O) groups is 1. The lowest BCUT2D eigenvalue weighted by Crippen LogP contribution is -2.24. The van der Waals surface area contributed by atoms with E-state index >= 15 is 0 Å². The first-order chi connectivity index (χ1) is 17.5. The Morgan fingerprint density at radius 2 is 1.84 bits per heavy atom. The molecule has 1 amide bonds. The fourth-order valence-corrected chi connectivity index (χ4v) is 6.47. The number of carbonyl (C=O) groups excluding carboxylic acids is 1. The third kappa shape index (κ3) is 5.94. The van der Waals surface area contributed by atoms with Gasteiger partial charge in [0.2, 0.25) is 0 Å². The van der Waals surface area contributed by atoms with E-state index in [4.69, 9.17) is 9.47 Å². The van der Waals surface area contributed by atoms with Crippen LogP contribution in [0.3, 0.4) is 0 Å². The van der Waals surface area contributed by atoms with E-state index in [0.717, 1.165) is 0 Å². The van der Waals surface area contributed by atoms with Crippen LogP contribution < -0.4 is 5.32 Å². The second-order valence-electron chi connectivity index (χ2n) is 10.4. The summed E-state index contributed by atoms with van der Waals surface area (Å²) in [5.41, 5.74) is 0.675. The van der Waals surface area contributed by atoms with Gasteiger partial charge in [-0.3, -0.25) is 9.48 Å². The van der Waals surface area contributed by atoms with Crippen molar-refractivity contribution in [2.24, 2.45) is 5.92 Å². The van der Waals surface area contributed by atoms with Crippen molar-refractivity contribution in [3.05, 3.63) is 48.2 Å². The molecule has 4 atom stereocenters. The molecule has 1 aromatic carbocycles. The van der Waals surface area contributed by atoms with Gasteiger partial charge < -0.3 is 14.8 Å². The van der Waals surface area contributed by atoms with E-state index in [1.165, 1.54) is 12.1 Å². The van der Waals surface area contributed by atoms with E-state index in [1.54, 1.807) is 35.2 Å². The molecule has 1 aromatic heterocycles. The number of ether oxygens (including phenoxy) is 2. The SMILES string of the molecule is CC1(C)OC[C@@H](Cn2ccc(NC(=O)/C(=C/[C@H]3C[C@@H](F)[C@@H](F)C3)c3ccc(S(=O)(=O)C4CC4)cc3)n2)O1. The molecule has 0 spiro atoms. The van der Waals surface area contributed by atoms with Crippen LogP contribution >= 0.6 is 0 Å². The molecular weight excluding hydrogens is 504 g/mol. The molecule has 2 aliphatic carbocycles. The van der Waals surface area contributed by atoms with Crippen molar-refractivity contribution in [3.8, 4) is 0 Å². The van der Waals surface area contributed by atoms with Crippen molar-refractivity contribution in [2.75, 3.05) is 11.9 Å². The Kier molecular flexibility index (Phi) is 6.97. The second-order valence-corrected chi connectivity index (χ2v) is 12.7. The highest BCUT2D eigenvalue weighted by molar-refractivity contribution is 7.92. The highest BCUT2D eigenvalue weighted by atomic mass is 32.2. The summed E-state index contributed by atoms with van der Waals surface area (Å²) in [6, 6.07) is 7.73. The average molecular weight is 536 g/mol. The molecule has 1 aliphatic heterocycles. The Bertz CT molecular complexity index is 1280. The van der Waals surface area contributed by atoms with Gasteiger partial charge in [0.05, 0.1) is 23.3 Å². The average Bonchev–Trinajstić information content (AvgIpc) is 3.44. The zero-order valence-electron chi connectivity index (χ0n) is 20.8. The number of alkyl halides is 2. The smallest absolute Gasteiger partial charge is 0.257 e. The maximum absolute atomic E-state index is 13.8. The fraction of sp³-hybridized carbons (Fsp3) is 0.538. The summed E-state index contributed by atoms with van der Waals surface area (Å²) in [5.74, 6) is -1.30. The molecule has 11 heteroatoms. The van der Waals surface area contributed by atoms with Crippen LogP contribution in [0.25, 0.3) is 5.57 Å². The molecule has 2 heterocycles. The van der Waals surface area contributed by atoms with Crippen molar-refractivity contribution in [3.63, 3.8) is 0 Å². The van der Waals surface area contributed by atoms with E-state index in [9.17, 15) is 22.0 Å². The lowest BCUT2D eigenvalue weighted by molar-refractivity contribution is -0.139. The molecule has 8 nitrogen and oxygen atoms in total. The molecule has 0 bridgehead atoms. The van der Waals surface area contributed by atoms with Gasteiger partial charge in [0, 0.05) is 17.8 Å². The third-order valence-electron chi connectivity index (χ3n) is 6.89. The molecule has 1 N–H and O–H groups in total. The molecule has 0 unspecified atom stereocenters. The van der Waals surface area contributed by atoms with Gasteiger partial charge in [0.1, 0.15) is 18.4 Å². The minimum Gasteiger partial charge on any atom is -0.348 e. The molecule has 2 saturated carbocycles. The Labute approximate surface area is 214 Å². The number of halogens is 2. The van der Waals surface area contributed by atoms with Crippen LogP contribution in [0.4, 0.5) is 14.6 Å². The van der Waals surface area contributed by atoms with Crippen LogP contribution in [0.1, 0.15) is 45.1 Å². The third-order valence-corrected chi connectivity index (χ3v) is 9.17. The van der Waals surface area contributed by atoms with Gasteiger partial charge in [0.25, 0.3) is 5.91 Å². The van der Waals surface area contributed by atoms with Gasteiger partial charge >= 0.3 is 0 Å². The fourth-order valence-electron chi connectivity index (χ4n) is 4.82. The van der Waals surface area contributed by atoms with E-state index in [1.807, 2.05) is 13.8 Å². The molecule has 0 radical (unpaired) electrons. The summed E-state index contributed by atoms with van der Waals surface area (Å²) in [6.45, 7) is 4.55. The summed E-state index contributed by atoms with van der Waals surface area (Å²) in [4.78, 5) is 13.5. The Morgan fingerprint density at radius 1 is 1.16 bits per heavy atom. The summed E-state index contributed by atoms with van der Waals surface area (Å²) < 4.78 is 65.8. The van der Waals surface area contributed by atoms with Gasteiger partial charge in [-0.05, 0) is 63.1 Å². The standard InChI is InChI=1S/C26H31F2N3O5S/c1-26(2)35-15-18(36-26)14-31-10-9-24(30-31)29-25(32)21(11-16-12-22(27)23(28)13-16)17-3-5-19(6-4-17)37(33,34)20-7-8-20/h3-6,9-11,16,18,20,22-23H,7-8,12-15H2,1-2H3,(H,29,30,32)/b21-11+/t16-,18-,22+,23-/m1/s1. The van der Waals surface area contributed by atoms with Gasteiger partial charge in [0.15, 0.2) is 21.4 Å². The molecule has 3 aliphatic rings. The molecule has 37 heavy (non-hydrogen) atoms. The molecule has 5 rings (SSSR count). The van der Waals surface area contributed by atoms with Gasteiger partial charge in [-0.1, -0.05) is 18.2 Å². The van der Waals surface area contributed by atoms with Crippen molar-refractivity contribution in [1.82, 2.24) is 9.78 Å². The van der Waals surface area contributed by atoms with Gasteiger partial charge in [-0.2, -0.15) is 5.10 Å². The lowest BCUT2D eigenvalue weighted by Gasteiger charge is -2.17. The minimum atomic E-state index is -3.38. The maximum atomic E-state index is 13.8. The van der Waals surface area contributed by atoms with Gasteiger partial charge in [-0.15, -0.1) is 0 Å². The summed E-state index contributed by atoms with van der Waals surface area (Å²) in [7, 11) is -3.38. The Morgan fingerprint density at radius 3 is 2.43 bits per heavy atom. The van der Waals surface area contributed by atoms with E-state index in [0.29, 0.717) is 37.4 Å². The first-order valence-corrected chi connectivity index (χ1v) is 14.1. The molecular formula is C26H31F2N3O5S. The lowest BCUT2D eigenvalue weighted by atomic mass is 9.98. The number of sulfone groups is 1. The maximum Gasteiger partial charge on any atom is 0.257 e. The Hall–Kier alpha value is -2.63. The summed E-state index contributed by atoms with van der Waals surface area (Å²) in [6.07, 6.45) is 1.25. The summed E-state index contributed by atoms with van der Waals surface area (Å²) >= 11 is 0. The number of nitrogens with zero attached hydrogens (tertiary/aromatic N) is 2. The molecule has 3 fully saturated rings. The van der Waals surface area contributed by atoms with Crippen LogP contribution in [-0.4, -0.2) is 60.2 Å². The van der Waals surface area contributed by atoms with Crippen molar-refractivity contribution >= 4 is 27.1 Å². The number of aromatic nitrogens is 2. The van der Waals surface area contributed by atoms with Crippen molar-refractivity contribution in [2.45, 2.75) is 80.5 Å². The molecule has 2 aromatic rings. The zero-order valence-corrected chi connectivity index (χ0v) is 21.6. The zero-order chi connectivity index (χ0) is 26.4. The minimum absolute atomic E-state index is 0.0134. The van der Waals surface area contributed by atoms with Crippen LogP contribution in [-0.2, 0) is 30.7 Å². The van der Waals surface area contributed by atoms with E-state index in [2.05, 4.69) is 10.4 Å². The molecule has 1 saturated heterocycles. The number of amides is 1. The number of hydrogen-bond acceptors (Lipinski definition) is 6. The van der Waals surface area contributed by atoms with Crippen LogP contribution in [0.15, 0.2) is 47.5 Å².